The third-order valence-corrected chi connectivity index (χ3v) is 3.43. The SMILES string of the molecule is Cc1ccc(C(=O)NNC(=O)c2ccc(I)cc2)cc1. The summed E-state index contributed by atoms with van der Waals surface area (Å²) in [5, 5.41) is 0. The molecule has 0 saturated carbocycles. The fourth-order valence-electron chi connectivity index (χ4n) is 1.56. The van der Waals surface area contributed by atoms with Gasteiger partial charge in [-0.2, -0.15) is 0 Å². The lowest BCUT2D eigenvalue weighted by Crippen LogP contribution is -2.41. The quantitative estimate of drug-likeness (QED) is 0.622. The average Bonchev–Trinajstić information content (AvgIpc) is 2.46. The Labute approximate surface area is 130 Å². The Kier molecular flexibility index (Phi) is 4.73. The van der Waals surface area contributed by atoms with E-state index in [-0.39, 0.29) is 11.8 Å². The number of carbonyl (C=O) groups excluding carboxylic acids is 2. The van der Waals surface area contributed by atoms with E-state index >= 15 is 0 Å². The van der Waals surface area contributed by atoms with Crippen LogP contribution in [-0.2, 0) is 0 Å². The maximum Gasteiger partial charge on any atom is 0.269 e. The zero-order valence-electron chi connectivity index (χ0n) is 10.8. The van der Waals surface area contributed by atoms with Crippen LogP contribution in [0.4, 0.5) is 0 Å². The lowest BCUT2D eigenvalue weighted by atomic mass is 10.1. The third-order valence-electron chi connectivity index (χ3n) is 2.71. The highest BCUT2D eigenvalue weighted by atomic mass is 127. The molecule has 2 amide bonds. The predicted molar refractivity (Wildman–Crippen MR) is 85.3 cm³/mol. The molecule has 20 heavy (non-hydrogen) atoms. The van der Waals surface area contributed by atoms with Crippen LogP contribution in [-0.4, -0.2) is 11.8 Å². The first-order valence-electron chi connectivity index (χ1n) is 5.99. The van der Waals surface area contributed by atoms with Crippen molar-refractivity contribution in [3.8, 4) is 0 Å². The number of amides is 2. The van der Waals surface area contributed by atoms with Crippen molar-refractivity contribution in [3.63, 3.8) is 0 Å². The molecule has 5 heteroatoms. The molecule has 0 atom stereocenters. The molecule has 0 fully saturated rings. The molecule has 2 rings (SSSR count). The molecule has 2 aromatic carbocycles. The maximum atomic E-state index is 11.8. The number of hydrazine groups is 1. The van der Waals surface area contributed by atoms with E-state index in [9.17, 15) is 9.59 Å². The Bertz CT molecular complexity index is 564. The average molecular weight is 380 g/mol. The van der Waals surface area contributed by atoms with Crippen LogP contribution in [0.25, 0.3) is 0 Å². The first kappa shape index (κ1) is 14.5. The zero-order valence-corrected chi connectivity index (χ0v) is 13.0. The number of hydrogen-bond donors (Lipinski definition) is 2. The molecule has 0 aliphatic carbocycles. The monoisotopic (exact) mass is 380 g/mol. The van der Waals surface area contributed by atoms with Gasteiger partial charge in [-0.15, -0.1) is 0 Å². The predicted octanol–water partition coefficient (Wildman–Crippen LogP) is 2.67. The van der Waals surface area contributed by atoms with Gasteiger partial charge in [0.05, 0.1) is 0 Å². The Morgan fingerprint density at radius 1 is 0.800 bits per heavy atom. The van der Waals surface area contributed by atoms with Crippen molar-refractivity contribution in [1.82, 2.24) is 10.9 Å². The van der Waals surface area contributed by atoms with E-state index in [0.717, 1.165) is 9.13 Å². The van der Waals surface area contributed by atoms with Crippen LogP contribution in [0.15, 0.2) is 48.5 Å². The summed E-state index contributed by atoms with van der Waals surface area (Å²) in [6, 6.07) is 14.2. The standard InChI is InChI=1S/C15H13IN2O2/c1-10-2-4-11(5-3-10)14(19)17-18-15(20)12-6-8-13(16)9-7-12/h2-9H,1H3,(H,17,19)(H,18,20). The molecule has 0 bridgehead atoms. The van der Waals surface area contributed by atoms with E-state index in [4.69, 9.17) is 0 Å². The molecule has 2 N–H and O–H groups in total. The number of rotatable bonds is 2. The summed E-state index contributed by atoms with van der Waals surface area (Å²) in [6.45, 7) is 1.94. The van der Waals surface area contributed by atoms with Crippen molar-refractivity contribution in [2.75, 3.05) is 0 Å². The second-order valence-electron chi connectivity index (χ2n) is 4.28. The van der Waals surface area contributed by atoms with Crippen LogP contribution in [0.2, 0.25) is 0 Å². The van der Waals surface area contributed by atoms with E-state index in [2.05, 4.69) is 33.4 Å². The molecule has 0 saturated heterocycles. The van der Waals surface area contributed by atoms with Crippen molar-refractivity contribution in [2.45, 2.75) is 6.92 Å². The first-order valence-corrected chi connectivity index (χ1v) is 7.07. The van der Waals surface area contributed by atoms with Crippen molar-refractivity contribution < 1.29 is 9.59 Å². The Hall–Kier alpha value is -1.89. The molecule has 0 aromatic heterocycles. The largest absolute Gasteiger partial charge is 0.269 e. The van der Waals surface area contributed by atoms with Crippen molar-refractivity contribution in [3.05, 3.63) is 68.8 Å². The smallest absolute Gasteiger partial charge is 0.267 e. The summed E-state index contributed by atoms with van der Waals surface area (Å²) < 4.78 is 1.04. The molecule has 0 radical (unpaired) electrons. The molecule has 0 aliphatic heterocycles. The van der Waals surface area contributed by atoms with Gasteiger partial charge in [-0.25, -0.2) is 0 Å². The van der Waals surface area contributed by atoms with Gasteiger partial charge in [0, 0.05) is 14.7 Å². The fourth-order valence-corrected chi connectivity index (χ4v) is 1.92. The minimum atomic E-state index is -0.345. The topological polar surface area (TPSA) is 58.2 Å². The highest BCUT2D eigenvalue weighted by Gasteiger charge is 2.08. The summed E-state index contributed by atoms with van der Waals surface area (Å²) >= 11 is 2.16. The summed E-state index contributed by atoms with van der Waals surface area (Å²) in [7, 11) is 0. The fraction of sp³-hybridized carbons (Fsp3) is 0.0667. The number of carbonyl (C=O) groups is 2. The summed E-state index contributed by atoms with van der Waals surface area (Å²) in [6.07, 6.45) is 0. The van der Waals surface area contributed by atoms with Crippen molar-refractivity contribution >= 4 is 34.4 Å². The summed E-state index contributed by atoms with van der Waals surface area (Å²) in [5.41, 5.74) is 6.85. The van der Waals surface area contributed by atoms with Crippen LogP contribution >= 0.6 is 22.6 Å². The minimum absolute atomic E-state index is 0.344. The zero-order chi connectivity index (χ0) is 14.5. The molecule has 0 spiro atoms. The van der Waals surface area contributed by atoms with Gasteiger partial charge < -0.3 is 0 Å². The van der Waals surface area contributed by atoms with E-state index in [0.29, 0.717) is 11.1 Å². The van der Waals surface area contributed by atoms with E-state index in [1.54, 1.807) is 24.3 Å². The van der Waals surface area contributed by atoms with E-state index in [1.807, 2.05) is 31.2 Å². The normalized spacial score (nSPS) is 9.90. The number of hydrogen-bond acceptors (Lipinski definition) is 2. The van der Waals surface area contributed by atoms with Crippen LogP contribution in [0.1, 0.15) is 26.3 Å². The minimum Gasteiger partial charge on any atom is -0.267 e. The van der Waals surface area contributed by atoms with Crippen LogP contribution in [0.3, 0.4) is 0 Å². The van der Waals surface area contributed by atoms with Gasteiger partial charge >= 0.3 is 0 Å². The van der Waals surface area contributed by atoms with E-state index < -0.39 is 0 Å². The number of halogens is 1. The van der Waals surface area contributed by atoms with Gasteiger partial charge in [0.25, 0.3) is 11.8 Å². The lowest BCUT2D eigenvalue weighted by molar-refractivity contribution is 0.0846. The van der Waals surface area contributed by atoms with Gasteiger partial charge in [-0.05, 0) is 65.9 Å². The first-order chi connectivity index (χ1) is 9.56. The highest BCUT2D eigenvalue weighted by Crippen LogP contribution is 2.06. The lowest BCUT2D eigenvalue weighted by Gasteiger charge is -2.07. The number of benzene rings is 2. The third kappa shape index (κ3) is 3.80. The van der Waals surface area contributed by atoms with Crippen LogP contribution in [0.5, 0.6) is 0 Å². The molecular formula is C15H13IN2O2. The van der Waals surface area contributed by atoms with Gasteiger partial charge in [0.15, 0.2) is 0 Å². The molecule has 4 nitrogen and oxygen atoms in total. The van der Waals surface area contributed by atoms with Gasteiger partial charge in [-0.3, -0.25) is 20.4 Å². The van der Waals surface area contributed by atoms with Gasteiger partial charge in [0.1, 0.15) is 0 Å². The van der Waals surface area contributed by atoms with Gasteiger partial charge in [-0.1, -0.05) is 17.7 Å². The van der Waals surface area contributed by atoms with Crippen LogP contribution in [0, 0.1) is 10.5 Å². The van der Waals surface area contributed by atoms with Crippen LogP contribution < -0.4 is 10.9 Å². The Morgan fingerprint density at radius 2 is 1.20 bits per heavy atom. The maximum absolute atomic E-state index is 11.8. The molecule has 0 unspecified atom stereocenters. The number of aryl methyl sites for hydroxylation is 1. The second-order valence-corrected chi connectivity index (χ2v) is 5.53. The Morgan fingerprint density at radius 3 is 1.65 bits per heavy atom. The molecule has 0 heterocycles. The summed E-state index contributed by atoms with van der Waals surface area (Å²) in [5.74, 6) is -0.689. The second kappa shape index (κ2) is 6.51. The molecule has 2 aromatic rings. The van der Waals surface area contributed by atoms with Crippen molar-refractivity contribution in [2.24, 2.45) is 0 Å². The van der Waals surface area contributed by atoms with Gasteiger partial charge in [0.2, 0.25) is 0 Å². The molecule has 0 aliphatic rings. The molecule has 102 valence electrons. The molecular weight excluding hydrogens is 367 g/mol. The summed E-state index contributed by atoms with van der Waals surface area (Å²) in [4.78, 5) is 23.6. The van der Waals surface area contributed by atoms with Crippen molar-refractivity contribution in [1.29, 1.82) is 0 Å². The highest BCUT2D eigenvalue weighted by molar-refractivity contribution is 14.1. The number of nitrogens with one attached hydrogen (secondary N) is 2. The van der Waals surface area contributed by atoms with E-state index in [1.165, 1.54) is 0 Å². The Balaban J connectivity index is 1.94.